The minimum Gasteiger partial charge on any atom is -0.454 e. The van der Waals surface area contributed by atoms with Gasteiger partial charge in [0.2, 0.25) is 0 Å². The number of hydrogen-bond donors (Lipinski definition) is 0. The van der Waals surface area contributed by atoms with Crippen molar-refractivity contribution >= 4 is 107 Å². The van der Waals surface area contributed by atoms with E-state index in [0.717, 1.165) is 61.5 Å². The highest BCUT2D eigenvalue weighted by Gasteiger charge is 2.37. The highest BCUT2D eigenvalue weighted by molar-refractivity contribution is 7.03. The molecule has 0 spiro atoms. The van der Waals surface area contributed by atoms with Crippen LogP contribution < -0.4 is 20.2 Å². The summed E-state index contributed by atoms with van der Waals surface area (Å²) in [5.41, 5.74) is 15.7. The molecule has 0 unspecified atom stereocenters. The van der Waals surface area contributed by atoms with E-state index in [1.807, 2.05) is 6.07 Å². The van der Waals surface area contributed by atoms with Gasteiger partial charge in [0.05, 0.1) is 11.4 Å². The summed E-state index contributed by atoms with van der Waals surface area (Å²) in [7, 11) is -2.22. The van der Waals surface area contributed by atoms with Gasteiger partial charge in [0.25, 0.3) is 0 Å². The van der Waals surface area contributed by atoms with E-state index in [2.05, 4.69) is 272 Å². The van der Waals surface area contributed by atoms with Crippen LogP contribution in [0.25, 0.3) is 87.6 Å². The van der Waals surface area contributed by atoms with Crippen molar-refractivity contribution in [3.05, 3.63) is 255 Å². The number of hydrogen-bond acceptors (Lipinski definition) is 3. The molecule has 1 aliphatic rings. The number of anilines is 6. The van der Waals surface area contributed by atoms with Gasteiger partial charge in [-0.05, 0) is 149 Å². The number of nitrogens with zero attached hydrogens (tertiary/aromatic N) is 2. The molecule has 0 saturated carbocycles. The molecule has 0 saturated heterocycles. The standard InChI is InChI=1S/C68H48N2OSi/c1-72(2)65-35-19-30-56-60-43-58(52-27-12-13-28-53(52)59(60)44-61(67(56)65)55-41-40-50(42-66(55)72)69(47-22-8-4-9-23-47)48-24-10-5-11-25-48)46-36-38-49(39-37-46)70(62-32-16-14-26-51(62)45-20-6-3-7-21-45)63-33-18-31-57-54-29-15-17-34-64(54)71-68(57)63/h3-44H,1-2H3. The highest BCUT2D eigenvalue weighted by atomic mass is 28.3. The van der Waals surface area contributed by atoms with Crippen LogP contribution in [0.3, 0.4) is 0 Å². The predicted molar refractivity (Wildman–Crippen MR) is 309 cm³/mol. The fourth-order valence-electron chi connectivity index (χ4n) is 11.8. The van der Waals surface area contributed by atoms with E-state index in [-0.39, 0.29) is 0 Å². The molecule has 0 atom stereocenters. The molecular weight excluding hydrogens is 889 g/mol. The van der Waals surface area contributed by atoms with Crippen LogP contribution >= 0.6 is 0 Å². The molecule has 13 aromatic rings. The molecule has 1 aromatic heterocycles. The summed E-state index contributed by atoms with van der Waals surface area (Å²) < 4.78 is 6.74. The van der Waals surface area contributed by atoms with Crippen molar-refractivity contribution in [3.63, 3.8) is 0 Å². The summed E-state index contributed by atoms with van der Waals surface area (Å²) in [6, 6.07) is 93.2. The first-order chi connectivity index (χ1) is 35.5. The minimum absolute atomic E-state index is 0.862. The van der Waals surface area contributed by atoms with Crippen LogP contribution in [-0.4, -0.2) is 8.07 Å². The van der Waals surface area contributed by atoms with Gasteiger partial charge in [-0.1, -0.05) is 189 Å². The predicted octanol–water partition coefficient (Wildman–Crippen LogP) is 18.1. The zero-order chi connectivity index (χ0) is 47.9. The lowest BCUT2D eigenvalue weighted by Crippen LogP contribution is -2.56. The zero-order valence-electron chi connectivity index (χ0n) is 40.1. The molecule has 14 rings (SSSR count). The van der Waals surface area contributed by atoms with Gasteiger partial charge in [0, 0.05) is 39.1 Å². The van der Waals surface area contributed by atoms with Crippen LogP contribution in [0.1, 0.15) is 0 Å². The van der Waals surface area contributed by atoms with Crippen molar-refractivity contribution in [1.29, 1.82) is 0 Å². The molecular formula is C68H48N2OSi. The molecule has 0 bridgehead atoms. The molecule has 0 fully saturated rings. The van der Waals surface area contributed by atoms with Crippen molar-refractivity contribution in [2.75, 3.05) is 9.80 Å². The average molecular weight is 937 g/mol. The zero-order valence-corrected chi connectivity index (χ0v) is 41.1. The molecule has 0 N–H and O–H groups in total. The summed E-state index contributed by atoms with van der Waals surface area (Å²) in [6.45, 7) is 5.08. The molecule has 0 amide bonds. The Morgan fingerprint density at radius 3 is 1.61 bits per heavy atom. The smallest absolute Gasteiger partial charge is 0.159 e. The lowest BCUT2D eigenvalue weighted by molar-refractivity contribution is 0.669. The summed E-state index contributed by atoms with van der Waals surface area (Å²) in [4.78, 5) is 4.77. The number of benzene rings is 12. The molecule has 0 aliphatic carbocycles. The Morgan fingerprint density at radius 2 is 0.847 bits per heavy atom. The van der Waals surface area contributed by atoms with Gasteiger partial charge in [-0.15, -0.1) is 0 Å². The van der Waals surface area contributed by atoms with E-state index < -0.39 is 8.07 Å². The maximum Gasteiger partial charge on any atom is 0.159 e. The lowest BCUT2D eigenvalue weighted by atomic mass is 9.87. The van der Waals surface area contributed by atoms with Gasteiger partial charge < -0.3 is 14.2 Å². The summed E-state index contributed by atoms with van der Waals surface area (Å²) >= 11 is 0. The summed E-state index contributed by atoms with van der Waals surface area (Å²) in [5.74, 6) is 0. The monoisotopic (exact) mass is 936 g/mol. The van der Waals surface area contributed by atoms with Crippen molar-refractivity contribution in [2.45, 2.75) is 13.1 Å². The fourth-order valence-corrected chi connectivity index (χ4v) is 14.9. The van der Waals surface area contributed by atoms with Crippen molar-refractivity contribution in [1.82, 2.24) is 0 Å². The molecule has 4 heteroatoms. The molecule has 3 nitrogen and oxygen atoms in total. The summed E-state index contributed by atoms with van der Waals surface area (Å²) in [6.07, 6.45) is 0. The SMILES string of the molecule is C[Si]1(C)c2cc(N(c3ccccc3)c3ccccc3)ccc2-c2cc3c4ccccc4c(-c4ccc(N(c5ccccc5-c5ccccc5)c5cccc6c5oc5ccccc56)cc4)cc3c3cccc1c23. The third kappa shape index (κ3) is 6.57. The van der Waals surface area contributed by atoms with E-state index in [9.17, 15) is 0 Å². The molecule has 0 radical (unpaired) electrons. The topological polar surface area (TPSA) is 19.6 Å². The number of rotatable bonds is 8. The Hall–Kier alpha value is -8.96. The minimum atomic E-state index is -2.22. The average Bonchev–Trinajstić information content (AvgIpc) is 3.83. The Morgan fingerprint density at radius 1 is 0.306 bits per heavy atom. The van der Waals surface area contributed by atoms with Crippen LogP contribution in [0.5, 0.6) is 0 Å². The van der Waals surface area contributed by atoms with Crippen molar-refractivity contribution < 1.29 is 4.42 Å². The lowest BCUT2D eigenvalue weighted by Gasteiger charge is -2.35. The van der Waals surface area contributed by atoms with Crippen LogP contribution in [0.4, 0.5) is 34.1 Å². The van der Waals surface area contributed by atoms with E-state index in [1.165, 1.54) is 70.6 Å². The first-order valence-corrected chi connectivity index (χ1v) is 27.9. The molecule has 12 aromatic carbocycles. The second kappa shape index (κ2) is 16.6. The van der Waals surface area contributed by atoms with Gasteiger partial charge in [-0.3, -0.25) is 0 Å². The van der Waals surface area contributed by atoms with Gasteiger partial charge in [-0.2, -0.15) is 0 Å². The maximum atomic E-state index is 6.74. The quantitative estimate of drug-likeness (QED) is 0.112. The molecule has 2 heterocycles. The van der Waals surface area contributed by atoms with E-state index >= 15 is 0 Å². The fraction of sp³-hybridized carbons (Fsp3) is 0.0294. The van der Waals surface area contributed by atoms with E-state index in [4.69, 9.17) is 4.42 Å². The second-order valence-electron chi connectivity index (χ2n) is 19.6. The Bertz CT molecular complexity index is 4200. The van der Waals surface area contributed by atoms with Gasteiger partial charge in [-0.25, -0.2) is 0 Å². The van der Waals surface area contributed by atoms with E-state index in [0.29, 0.717) is 0 Å². The second-order valence-corrected chi connectivity index (χ2v) is 23.9. The Kier molecular flexibility index (Phi) is 9.67. The van der Waals surface area contributed by atoms with Crippen LogP contribution in [0, 0.1) is 0 Å². The Labute approximate surface area is 420 Å². The van der Waals surface area contributed by atoms with Crippen molar-refractivity contribution in [3.8, 4) is 33.4 Å². The number of para-hydroxylation sites is 5. The number of fused-ring (bicyclic) bond motifs is 9. The van der Waals surface area contributed by atoms with Crippen LogP contribution in [0.2, 0.25) is 13.1 Å². The normalized spacial score (nSPS) is 12.7. The van der Waals surface area contributed by atoms with Crippen LogP contribution in [-0.2, 0) is 0 Å². The van der Waals surface area contributed by atoms with Gasteiger partial charge >= 0.3 is 0 Å². The molecule has 1 aliphatic heterocycles. The molecule has 72 heavy (non-hydrogen) atoms. The highest BCUT2D eigenvalue weighted by Crippen LogP contribution is 2.48. The Balaban J connectivity index is 0.936. The van der Waals surface area contributed by atoms with Gasteiger partial charge in [0.15, 0.2) is 5.58 Å². The maximum absolute atomic E-state index is 6.74. The van der Waals surface area contributed by atoms with Gasteiger partial charge in [0.1, 0.15) is 13.7 Å². The van der Waals surface area contributed by atoms with E-state index in [1.54, 1.807) is 0 Å². The van der Waals surface area contributed by atoms with Crippen molar-refractivity contribution in [2.24, 2.45) is 0 Å². The largest absolute Gasteiger partial charge is 0.454 e. The number of furan rings is 1. The first-order valence-electron chi connectivity index (χ1n) is 24.9. The summed E-state index contributed by atoms with van der Waals surface area (Å²) in [5, 5.41) is 12.9. The first kappa shape index (κ1) is 42.0. The third-order valence-corrected chi connectivity index (χ3v) is 18.7. The van der Waals surface area contributed by atoms with Crippen LogP contribution in [0.15, 0.2) is 259 Å². The molecule has 340 valence electrons. The third-order valence-electron chi connectivity index (χ3n) is 15.2.